The molecular weight excluding hydrogens is 468 g/mol. The van der Waals surface area contributed by atoms with E-state index in [4.69, 9.17) is 0 Å². The SMILES string of the molecule is CC(=O)c1sc2nc(CSc3nnc(-c4cccnc4)n3C3CCCCC3C)[nH]c(=O)c2c1C. The maximum Gasteiger partial charge on any atom is 0.259 e. The second-order valence-electron chi connectivity index (χ2n) is 8.84. The van der Waals surface area contributed by atoms with Crippen LogP contribution in [0.1, 0.15) is 66.6 Å². The van der Waals surface area contributed by atoms with Crippen LogP contribution in [0, 0.1) is 12.8 Å². The van der Waals surface area contributed by atoms with Crippen molar-refractivity contribution in [3.8, 4) is 11.4 Å². The molecule has 0 spiro atoms. The molecule has 0 radical (unpaired) electrons. The summed E-state index contributed by atoms with van der Waals surface area (Å²) in [6.45, 7) is 5.61. The van der Waals surface area contributed by atoms with E-state index in [1.54, 1.807) is 13.1 Å². The van der Waals surface area contributed by atoms with Crippen molar-refractivity contribution in [2.45, 2.75) is 63.4 Å². The molecular formula is C24H26N6O2S2. The van der Waals surface area contributed by atoms with Gasteiger partial charge < -0.3 is 4.98 Å². The number of aromatic nitrogens is 6. The Balaban J connectivity index is 1.49. The molecule has 2 unspecified atom stereocenters. The van der Waals surface area contributed by atoms with E-state index in [9.17, 15) is 9.59 Å². The molecule has 4 aromatic heterocycles. The molecule has 5 rings (SSSR count). The van der Waals surface area contributed by atoms with E-state index in [-0.39, 0.29) is 11.3 Å². The van der Waals surface area contributed by atoms with Crippen molar-refractivity contribution in [1.82, 2.24) is 29.7 Å². The second kappa shape index (κ2) is 9.42. The Morgan fingerprint density at radius 3 is 2.85 bits per heavy atom. The number of thioether (sulfide) groups is 1. The summed E-state index contributed by atoms with van der Waals surface area (Å²) in [4.78, 5) is 37.7. The minimum atomic E-state index is -0.208. The van der Waals surface area contributed by atoms with E-state index in [0.717, 1.165) is 23.0 Å². The minimum absolute atomic E-state index is 0.0477. The maximum absolute atomic E-state index is 12.8. The lowest BCUT2D eigenvalue weighted by Crippen LogP contribution is -2.22. The van der Waals surface area contributed by atoms with Gasteiger partial charge >= 0.3 is 0 Å². The Labute approximate surface area is 205 Å². The number of thiophene rings is 1. The van der Waals surface area contributed by atoms with Gasteiger partial charge in [0.25, 0.3) is 5.56 Å². The quantitative estimate of drug-likeness (QED) is 0.290. The number of aromatic amines is 1. The van der Waals surface area contributed by atoms with Gasteiger partial charge in [-0.1, -0.05) is 31.5 Å². The molecule has 10 heteroatoms. The zero-order chi connectivity index (χ0) is 23.8. The number of H-pyrrole nitrogens is 1. The standard InChI is InChI=1S/C24H26N6O2S2/c1-13-7-4-5-9-17(13)30-21(16-8-6-10-25-11-16)28-29-24(30)33-12-18-26-22(32)19-14(2)20(15(3)31)34-23(19)27-18/h6,8,10-11,13,17H,4-5,7,9,12H2,1-3H3,(H,26,27,32). The summed E-state index contributed by atoms with van der Waals surface area (Å²) in [5.41, 5.74) is 1.44. The van der Waals surface area contributed by atoms with Gasteiger partial charge in [0.2, 0.25) is 0 Å². The predicted octanol–water partition coefficient (Wildman–Crippen LogP) is 5.19. The van der Waals surface area contributed by atoms with Gasteiger partial charge in [-0.05, 0) is 50.3 Å². The molecule has 1 saturated carbocycles. The van der Waals surface area contributed by atoms with Gasteiger partial charge in [-0.15, -0.1) is 21.5 Å². The van der Waals surface area contributed by atoms with Crippen LogP contribution in [0.5, 0.6) is 0 Å². The normalized spacial score (nSPS) is 18.4. The molecule has 4 aromatic rings. The summed E-state index contributed by atoms with van der Waals surface area (Å²) in [6.07, 6.45) is 8.28. The highest BCUT2D eigenvalue weighted by Crippen LogP contribution is 2.39. The molecule has 1 fully saturated rings. The third kappa shape index (κ3) is 4.20. The first kappa shape index (κ1) is 22.9. The van der Waals surface area contributed by atoms with Gasteiger partial charge in [0, 0.05) is 24.0 Å². The first-order valence-corrected chi connectivity index (χ1v) is 13.3. The molecule has 0 aliphatic heterocycles. The van der Waals surface area contributed by atoms with Crippen molar-refractivity contribution in [3.05, 3.63) is 51.1 Å². The topological polar surface area (TPSA) is 106 Å². The zero-order valence-electron chi connectivity index (χ0n) is 19.4. The first-order chi connectivity index (χ1) is 16.4. The second-order valence-corrected chi connectivity index (χ2v) is 10.8. The summed E-state index contributed by atoms with van der Waals surface area (Å²) in [6, 6.07) is 4.23. The number of aryl methyl sites for hydroxylation is 1. The zero-order valence-corrected chi connectivity index (χ0v) is 21.0. The Bertz CT molecular complexity index is 1410. The van der Waals surface area contributed by atoms with Crippen molar-refractivity contribution < 1.29 is 4.79 Å². The predicted molar refractivity (Wildman–Crippen MR) is 134 cm³/mol. The lowest BCUT2D eigenvalue weighted by atomic mass is 9.85. The van der Waals surface area contributed by atoms with Gasteiger partial charge in [0.05, 0.1) is 16.0 Å². The Kier molecular flexibility index (Phi) is 6.35. The molecule has 2 atom stereocenters. The van der Waals surface area contributed by atoms with Crippen molar-refractivity contribution in [1.29, 1.82) is 0 Å². The van der Waals surface area contributed by atoms with Crippen LogP contribution >= 0.6 is 23.1 Å². The fourth-order valence-corrected chi connectivity index (χ4v) is 6.73. The number of nitrogens with zero attached hydrogens (tertiary/aromatic N) is 5. The number of carbonyl (C=O) groups excluding carboxylic acids is 1. The summed E-state index contributed by atoms with van der Waals surface area (Å²) >= 11 is 2.80. The fraction of sp³-hybridized carbons (Fsp3) is 0.417. The molecule has 0 amide bonds. The summed E-state index contributed by atoms with van der Waals surface area (Å²) < 4.78 is 2.26. The van der Waals surface area contributed by atoms with Crippen LogP contribution in [0.15, 0.2) is 34.5 Å². The maximum atomic E-state index is 12.8. The lowest BCUT2D eigenvalue weighted by molar-refractivity contribution is 0.102. The molecule has 4 heterocycles. The third-order valence-corrected chi connectivity index (χ3v) is 8.73. The average Bonchev–Trinajstić information content (AvgIpc) is 3.40. The van der Waals surface area contributed by atoms with Gasteiger partial charge in [-0.3, -0.25) is 19.1 Å². The van der Waals surface area contributed by atoms with Gasteiger partial charge in [0.15, 0.2) is 16.8 Å². The molecule has 0 aromatic carbocycles. The third-order valence-electron chi connectivity index (χ3n) is 6.49. The fourth-order valence-electron chi connectivity index (χ4n) is 4.77. The Morgan fingerprint density at radius 1 is 1.29 bits per heavy atom. The monoisotopic (exact) mass is 494 g/mol. The van der Waals surface area contributed by atoms with E-state index < -0.39 is 0 Å². The van der Waals surface area contributed by atoms with Crippen molar-refractivity contribution in [2.24, 2.45) is 5.92 Å². The van der Waals surface area contributed by atoms with Gasteiger partial charge in [0.1, 0.15) is 10.7 Å². The van der Waals surface area contributed by atoms with Crippen LogP contribution in [0.25, 0.3) is 21.6 Å². The van der Waals surface area contributed by atoms with Gasteiger partial charge in [-0.2, -0.15) is 0 Å². The van der Waals surface area contributed by atoms with Crippen molar-refractivity contribution >= 4 is 39.1 Å². The van der Waals surface area contributed by atoms with Crippen molar-refractivity contribution in [3.63, 3.8) is 0 Å². The number of fused-ring (bicyclic) bond motifs is 1. The van der Waals surface area contributed by atoms with Crippen LogP contribution in [-0.2, 0) is 5.75 Å². The number of ketones is 1. The average molecular weight is 495 g/mol. The van der Waals surface area contributed by atoms with Crippen LogP contribution in [0.4, 0.5) is 0 Å². The first-order valence-electron chi connectivity index (χ1n) is 11.5. The molecule has 176 valence electrons. The Hall–Kier alpha value is -2.85. The summed E-state index contributed by atoms with van der Waals surface area (Å²) in [5.74, 6) is 2.31. The number of carbonyl (C=O) groups is 1. The Morgan fingerprint density at radius 2 is 2.12 bits per heavy atom. The van der Waals surface area contributed by atoms with Crippen molar-refractivity contribution in [2.75, 3.05) is 0 Å². The molecule has 1 aliphatic rings. The molecule has 1 N–H and O–H groups in total. The summed E-state index contributed by atoms with van der Waals surface area (Å²) in [7, 11) is 0. The van der Waals surface area contributed by atoms with Crippen LogP contribution in [-0.4, -0.2) is 35.5 Å². The van der Waals surface area contributed by atoms with Gasteiger partial charge in [-0.25, -0.2) is 4.98 Å². The highest BCUT2D eigenvalue weighted by molar-refractivity contribution is 7.98. The summed E-state index contributed by atoms with van der Waals surface area (Å²) in [5, 5.41) is 10.4. The number of Topliss-reactive ketones (excluding diaryl/α,β-unsaturated/α-hetero) is 1. The van der Waals surface area contributed by atoms with E-state index in [1.807, 2.05) is 18.3 Å². The molecule has 34 heavy (non-hydrogen) atoms. The van der Waals surface area contributed by atoms with E-state index in [2.05, 4.69) is 36.6 Å². The largest absolute Gasteiger partial charge is 0.309 e. The molecule has 0 bridgehead atoms. The van der Waals surface area contributed by atoms with Crippen LogP contribution < -0.4 is 5.56 Å². The number of nitrogens with one attached hydrogen (secondary N) is 1. The van der Waals surface area contributed by atoms with E-state index in [1.165, 1.54) is 49.3 Å². The van der Waals surface area contributed by atoms with Crippen LogP contribution in [0.2, 0.25) is 0 Å². The molecule has 1 aliphatic carbocycles. The van der Waals surface area contributed by atoms with Crippen LogP contribution in [0.3, 0.4) is 0 Å². The molecule has 0 saturated heterocycles. The number of pyridine rings is 1. The molecule has 8 nitrogen and oxygen atoms in total. The minimum Gasteiger partial charge on any atom is -0.309 e. The lowest BCUT2D eigenvalue weighted by Gasteiger charge is -2.31. The number of hydrogen-bond acceptors (Lipinski definition) is 8. The number of rotatable bonds is 6. The highest BCUT2D eigenvalue weighted by Gasteiger charge is 2.29. The smallest absolute Gasteiger partial charge is 0.259 e. The highest BCUT2D eigenvalue weighted by atomic mass is 32.2. The van der Waals surface area contributed by atoms with E-state index >= 15 is 0 Å². The number of hydrogen-bond donors (Lipinski definition) is 1. The van der Waals surface area contributed by atoms with E-state index in [0.29, 0.717) is 44.2 Å².